The van der Waals surface area contributed by atoms with Gasteiger partial charge in [0.25, 0.3) is 0 Å². The third-order valence-corrected chi connectivity index (χ3v) is 2.06. The van der Waals surface area contributed by atoms with Crippen molar-refractivity contribution in [3.63, 3.8) is 0 Å². The number of nitrogens with one attached hydrogen (secondary N) is 2. The average molecular weight is 231 g/mol. The molecule has 4 nitrogen and oxygen atoms in total. The van der Waals surface area contributed by atoms with Crippen LogP contribution in [0.1, 0.15) is 5.56 Å². The van der Waals surface area contributed by atoms with Crippen molar-refractivity contribution in [1.82, 2.24) is 10.2 Å². The van der Waals surface area contributed by atoms with Gasteiger partial charge in [-0.05, 0) is 23.8 Å². The molecule has 2 aromatic rings. The van der Waals surface area contributed by atoms with Gasteiger partial charge in [0, 0.05) is 12.1 Å². The maximum absolute atomic E-state index is 12.6. The fourth-order valence-corrected chi connectivity index (χ4v) is 1.25. The minimum absolute atomic E-state index is 0.279. The average Bonchev–Trinajstić information content (AvgIpc) is 2.81. The van der Waals surface area contributed by atoms with E-state index in [2.05, 4.69) is 15.5 Å². The summed E-state index contributed by atoms with van der Waals surface area (Å²) in [7, 11) is 0. The maximum atomic E-state index is 12.6. The second-order valence-electron chi connectivity index (χ2n) is 3.34. The molecule has 0 unspecified atom stereocenters. The van der Waals surface area contributed by atoms with E-state index < -0.39 is 0 Å². The van der Waals surface area contributed by atoms with Crippen LogP contribution in [0.4, 0.5) is 10.2 Å². The fraction of sp³-hybridized carbons (Fsp3) is 0. The molecule has 1 aromatic carbocycles. The molecule has 86 valence electrons. The highest BCUT2D eigenvalue weighted by atomic mass is 19.1. The molecular weight excluding hydrogens is 221 g/mol. The Morgan fingerprint density at radius 1 is 1.29 bits per heavy atom. The van der Waals surface area contributed by atoms with Crippen LogP contribution in [-0.4, -0.2) is 16.1 Å². The molecule has 0 radical (unpaired) electrons. The number of amides is 1. The van der Waals surface area contributed by atoms with E-state index in [0.717, 1.165) is 5.56 Å². The number of H-pyrrole nitrogens is 1. The predicted octanol–water partition coefficient (Wildman–Crippen LogP) is 2.20. The summed E-state index contributed by atoms with van der Waals surface area (Å²) in [5, 5.41) is 8.89. The number of carbonyl (C=O) groups is 1. The molecule has 0 atom stereocenters. The van der Waals surface area contributed by atoms with Gasteiger partial charge in [-0.2, -0.15) is 5.10 Å². The maximum Gasteiger partial charge on any atom is 0.249 e. The van der Waals surface area contributed by atoms with Crippen molar-refractivity contribution >= 4 is 17.8 Å². The molecule has 0 aliphatic heterocycles. The monoisotopic (exact) mass is 231 g/mol. The number of anilines is 1. The Morgan fingerprint density at radius 2 is 2.06 bits per heavy atom. The van der Waals surface area contributed by atoms with Gasteiger partial charge in [-0.3, -0.25) is 9.89 Å². The summed E-state index contributed by atoms with van der Waals surface area (Å²) in [5.41, 5.74) is 0.756. The Morgan fingerprint density at radius 3 is 2.71 bits per heavy atom. The van der Waals surface area contributed by atoms with Crippen LogP contribution >= 0.6 is 0 Å². The number of rotatable bonds is 3. The second kappa shape index (κ2) is 5.07. The first-order valence-corrected chi connectivity index (χ1v) is 4.98. The summed E-state index contributed by atoms with van der Waals surface area (Å²) in [6, 6.07) is 7.51. The lowest BCUT2D eigenvalue weighted by atomic mass is 10.2. The van der Waals surface area contributed by atoms with Gasteiger partial charge >= 0.3 is 0 Å². The number of aromatic nitrogens is 2. The second-order valence-corrected chi connectivity index (χ2v) is 3.34. The lowest BCUT2D eigenvalue weighted by Gasteiger charge is -1.96. The molecule has 1 amide bonds. The molecule has 0 aliphatic carbocycles. The van der Waals surface area contributed by atoms with E-state index in [1.165, 1.54) is 18.2 Å². The number of aromatic amines is 1. The van der Waals surface area contributed by atoms with E-state index in [1.54, 1.807) is 30.5 Å². The van der Waals surface area contributed by atoms with Gasteiger partial charge in [0.2, 0.25) is 5.91 Å². The highest BCUT2D eigenvalue weighted by Gasteiger charge is 1.97. The first-order chi connectivity index (χ1) is 8.24. The van der Waals surface area contributed by atoms with Crippen LogP contribution in [0, 0.1) is 5.82 Å². The molecule has 0 aliphatic rings. The van der Waals surface area contributed by atoms with Gasteiger partial charge in [-0.1, -0.05) is 12.1 Å². The molecule has 2 N–H and O–H groups in total. The van der Waals surface area contributed by atoms with Gasteiger partial charge < -0.3 is 5.32 Å². The summed E-state index contributed by atoms with van der Waals surface area (Å²) in [5.74, 6) is -0.0543. The van der Waals surface area contributed by atoms with Crippen LogP contribution < -0.4 is 5.32 Å². The zero-order valence-electron chi connectivity index (χ0n) is 8.85. The number of nitrogens with zero attached hydrogens (tertiary/aromatic N) is 1. The molecule has 1 heterocycles. The van der Waals surface area contributed by atoms with Gasteiger partial charge in [-0.15, -0.1) is 0 Å². The van der Waals surface area contributed by atoms with E-state index in [-0.39, 0.29) is 11.7 Å². The number of carbonyl (C=O) groups excluding carboxylic acids is 1. The van der Waals surface area contributed by atoms with Crippen LogP contribution in [0.2, 0.25) is 0 Å². The highest BCUT2D eigenvalue weighted by Crippen LogP contribution is 2.05. The standard InChI is InChI=1S/C12H10FN3O/c13-10-4-1-9(2-5-10)3-6-12(17)15-11-7-8-14-16-11/h1-8H,(H2,14,15,16,17). The Balaban J connectivity index is 1.96. The molecule has 0 saturated heterocycles. The van der Waals surface area contributed by atoms with Crippen LogP contribution in [0.3, 0.4) is 0 Å². The molecule has 0 spiro atoms. The van der Waals surface area contributed by atoms with Crippen molar-refractivity contribution in [2.75, 3.05) is 5.32 Å². The van der Waals surface area contributed by atoms with Gasteiger partial charge in [0.15, 0.2) is 0 Å². The zero-order valence-corrected chi connectivity index (χ0v) is 8.85. The number of benzene rings is 1. The van der Waals surface area contributed by atoms with E-state index in [9.17, 15) is 9.18 Å². The molecule has 0 bridgehead atoms. The van der Waals surface area contributed by atoms with Gasteiger partial charge in [-0.25, -0.2) is 4.39 Å². The third kappa shape index (κ3) is 3.27. The molecule has 0 fully saturated rings. The van der Waals surface area contributed by atoms with E-state index >= 15 is 0 Å². The van der Waals surface area contributed by atoms with E-state index in [0.29, 0.717) is 5.82 Å². The number of hydrogen-bond donors (Lipinski definition) is 2. The Bertz CT molecular complexity index is 517. The summed E-state index contributed by atoms with van der Waals surface area (Å²) >= 11 is 0. The highest BCUT2D eigenvalue weighted by molar-refractivity contribution is 6.01. The molecule has 2 rings (SSSR count). The minimum atomic E-state index is -0.302. The Kier molecular flexibility index (Phi) is 3.30. The first kappa shape index (κ1) is 11.1. The summed E-state index contributed by atoms with van der Waals surface area (Å²) in [4.78, 5) is 11.4. The fourth-order valence-electron chi connectivity index (χ4n) is 1.25. The third-order valence-electron chi connectivity index (χ3n) is 2.06. The molecular formula is C12H10FN3O. The van der Waals surface area contributed by atoms with Crippen molar-refractivity contribution < 1.29 is 9.18 Å². The zero-order chi connectivity index (χ0) is 12.1. The lowest BCUT2D eigenvalue weighted by molar-refractivity contribution is -0.111. The molecule has 5 heteroatoms. The normalized spacial score (nSPS) is 10.6. The lowest BCUT2D eigenvalue weighted by Crippen LogP contribution is -2.07. The van der Waals surface area contributed by atoms with E-state index in [4.69, 9.17) is 0 Å². The van der Waals surface area contributed by atoms with Crippen LogP contribution in [0.15, 0.2) is 42.6 Å². The summed E-state index contributed by atoms with van der Waals surface area (Å²) in [6.07, 6.45) is 4.51. The smallest absolute Gasteiger partial charge is 0.249 e. The largest absolute Gasteiger partial charge is 0.307 e. The van der Waals surface area contributed by atoms with Gasteiger partial charge in [0.05, 0.1) is 6.20 Å². The number of halogens is 1. The van der Waals surface area contributed by atoms with Crippen molar-refractivity contribution in [2.45, 2.75) is 0 Å². The van der Waals surface area contributed by atoms with Crippen molar-refractivity contribution in [3.8, 4) is 0 Å². The number of hydrogen-bond acceptors (Lipinski definition) is 2. The minimum Gasteiger partial charge on any atom is -0.307 e. The summed E-state index contributed by atoms with van der Waals surface area (Å²) in [6.45, 7) is 0. The first-order valence-electron chi connectivity index (χ1n) is 4.98. The quantitative estimate of drug-likeness (QED) is 0.795. The van der Waals surface area contributed by atoms with Crippen LogP contribution in [0.5, 0.6) is 0 Å². The van der Waals surface area contributed by atoms with Crippen LogP contribution in [-0.2, 0) is 4.79 Å². The topological polar surface area (TPSA) is 57.8 Å². The molecule has 0 saturated carbocycles. The van der Waals surface area contributed by atoms with Crippen molar-refractivity contribution in [2.24, 2.45) is 0 Å². The van der Waals surface area contributed by atoms with Gasteiger partial charge in [0.1, 0.15) is 11.6 Å². The Labute approximate surface area is 97.2 Å². The molecule has 17 heavy (non-hydrogen) atoms. The summed E-state index contributed by atoms with van der Waals surface area (Å²) < 4.78 is 12.6. The van der Waals surface area contributed by atoms with Crippen molar-refractivity contribution in [1.29, 1.82) is 0 Å². The van der Waals surface area contributed by atoms with Crippen molar-refractivity contribution in [3.05, 3.63) is 54.0 Å². The SMILES string of the molecule is O=C(C=Cc1ccc(F)cc1)Nc1ccn[nH]1. The predicted molar refractivity (Wildman–Crippen MR) is 62.7 cm³/mol. The Hall–Kier alpha value is -2.43. The van der Waals surface area contributed by atoms with Crippen LogP contribution in [0.25, 0.3) is 6.08 Å². The molecule has 1 aromatic heterocycles. The van der Waals surface area contributed by atoms with E-state index in [1.807, 2.05) is 0 Å².